The first-order chi connectivity index (χ1) is 13.3. The third-order valence-electron chi connectivity index (χ3n) is 4.35. The molecule has 2 unspecified atom stereocenters. The van der Waals surface area contributed by atoms with Crippen LogP contribution in [0.4, 0.5) is 9.18 Å². The van der Waals surface area contributed by atoms with Gasteiger partial charge < -0.3 is 20.1 Å². The molecule has 0 saturated carbocycles. The number of rotatable bonds is 9. The standard InChI is InChI=1S/C22H35FN2O4/c1-15(19(26)28-7)12-18(25-20(27)29-21(2,3)4)14-24-22(5,6)13-16-8-10-17(23)11-9-16/h8-11,15,18,24H,12-14H2,1-7H3,(H,25,27). The summed E-state index contributed by atoms with van der Waals surface area (Å²) in [5.41, 5.74) is 0.0846. The molecule has 0 fully saturated rings. The van der Waals surface area contributed by atoms with Crippen LogP contribution in [0.1, 0.15) is 53.5 Å². The number of benzene rings is 1. The van der Waals surface area contributed by atoms with Gasteiger partial charge in [-0.2, -0.15) is 0 Å². The predicted molar refractivity (Wildman–Crippen MR) is 111 cm³/mol. The van der Waals surface area contributed by atoms with Crippen LogP contribution in [0.25, 0.3) is 0 Å². The zero-order valence-corrected chi connectivity index (χ0v) is 18.6. The van der Waals surface area contributed by atoms with Crippen LogP contribution in [0.2, 0.25) is 0 Å². The minimum Gasteiger partial charge on any atom is -0.469 e. The lowest BCUT2D eigenvalue weighted by molar-refractivity contribution is -0.145. The van der Waals surface area contributed by atoms with E-state index in [1.54, 1.807) is 39.8 Å². The van der Waals surface area contributed by atoms with Crippen LogP contribution in [0, 0.1) is 11.7 Å². The SMILES string of the molecule is COC(=O)C(C)CC(CNC(C)(C)Cc1ccc(F)cc1)NC(=O)OC(C)(C)C. The molecule has 1 aromatic rings. The predicted octanol–water partition coefficient (Wildman–Crippen LogP) is 3.83. The zero-order chi connectivity index (χ0) is 22.2. The van der Waals surface area contributed by atoms with Gasteiger partial charge in [-0.05, 0) is 65.2 Å². The van der Waals surface area contributed by atoms with Gasteiger partial charge in [-0.25, -0.2) is 9.18 Å². The number of hydrogen-bond donors (Lipinski definition) is 2. The van der Waals surface area contributed by atoms with Gasteiger partial charge >= 0.3 is 12.1 Å². The first kappa shape index (κ1) is 24.9. The van der Waals surface area contributed by atoms with Crippen molar-refractivity contribution in [3.05, 3.63) is 35.6 Å². The number of carbonyl (C=O) groups is 2. The highest BCUT2D eigenvalue weighted by Crippen LogP contribution is 2.15. The van der Waals surface area contributed by atoms with Crippen LogP contribution in [0.3, 0.4) is 0 Å². The van der Waals surface area contributed by atoms with Gasteiger partial charge in [0.25, 0.3) is 0 Å². The summed E-state index contributed by atoms with van der Waals surface area (Å²) in [6.07, 6.45) is 0.558. The molecule has 1 amide bonds. The molecule has 0 saturated heterocycles. The number of ether oxygens (including phenoxy) is 2. The summed E-state index contributed by atoms with van der Waals surface area (Å²) < 4.78 is 23.3. The molecule has 0 aliphatic heterocycles. The number of carbonyl (C=O) groups excluding carboxylic acids is 2. The van der Waals surface area contributed by atoms with Gasteiger partial charge in [0.2, 0.25) is 0 Å². The summed E-state index contributed by atoms with van der Waals surface area (Å²) in [5.74, 6) is -0.966. The molecule has 0 bridgehead atoms. The van der Waals surface area contributed by atoms with E-state index in [-0.39, 0.29) is 29.3 Å². The maximum atomic E-state index is 13.1. The minimum absolute atomic E-state index is 0.266. The second-order valence-electron chi connectivity index (χ2n) is 9.07. The normalized spacial score (nSPS) is 14.1. The average molecular weight is 411 g/mol. The summed E-state index contributed by atoms with van der Waals surface area (Å²) in [7, 11) is 1.35. The number of hydrogen-bond acceptors (Lipinski definition) is 5. The van der Waals surface area contributed by atoms with E-state index in [0.717, 1.165) is 5.56 Å². The number of alkyl carbamates (subject to hydrolysis) is 1. The van der Waals surface area contributed by atoms with Crippen LogP contribution in [-0.4, -0.2) is 42.9 Å². The summed E-state index contributed by atoms with van der Waals surface area (Å²) in [5, 5.41) is 6.28. The molecule has 1 aromatic carbocycles. The van der Waals surface area contributed by atoms with Crippen molar-refractivity contribution in [1.82, 2.24) is 10.6 Å². The topological polar surface area (TPSA) is 76.7 Å². The van der Waals surface area contributed by atoms with Crippen molar-refractivity contribution in [2.75, 3.05) is 13.7 Å². The van der Waals surface area contributed by atoms with Crippen LogP contribution < -0.4 is 10.6 Å². The van der Waals surface area contributed by atoms with Crippen molar-refractivity contribution in [2.45, 2.75) is 71.6 Å². The van der Waals surface area contributed by atoms with Gasteiger partial charge in [0, 0.05) is 18.1 Å². The van der Waals surface area contributed by atoms with Crippen LogP contribution >= 0.6 is 0 Å². The van der Waals surface area contributed by atoms with E-state index in [2.05, 4.69) is 10.6 Å². The summed E-state index contributed by atoms with van der Waals surface area (Å²) in [4.78, 5) is 24.0. The lowest BCUT2D eigenvalue weighted by Gasteiger charge is -2.31. The lowest BCUT2D eigenvalue weighted by Crippen LogP contribution is -2.51. The van der Waals surface area contributed by atoms with Crippen molar-refractivity contribution < 1.29 is 23.5 Å². The molecule has 0 aromatic heterocycles. The maximum Gasteiger partial charge on any atom is 0.407 e. The number of methoxy groups -OCH3 is 1. The highest BCUT2D eigenvalue weighted by Gasteiger charge is 2.26. The minimum atomic E-state index is -0.613. The van der Waals surface area contributed by atoms with Crippen molar-refractivity contribution in [1.29, 1.82) is 0 Å². The van der Waals surface area contributed by atoms with E-state index >= 15 is 0 Å². The highest BCUT2D eigenvalue weighted by molar-refractivity contribution is 5.72. The van der Waals surface area contributed by atoms with Gasteiger partial charge in [0.05, 0.1) is 13.0 Å². The maximum absolute atomic E-state index is 13.1. The van der Waals surface area contributed by atoms with E-state index in [4.69, 9.17) is 9.47 Å². The molecule has 29 heavy (non-hydrogen) atoms. The van der Waals surface area contributed by atoms with Crippen molar-refractivity contribution in [3.8, 4) is 0 Å². The highest BCUT2D eigenvalue weighted by atomic mass is 19.1. The molecular weight excluding hydrogens is 375 g/mol. The number of nitrogens with one attached hydrogen (secondary N) is 2. The second-order valence-corrected chi connectivity index (χ2v) is 9.07. The van der Waals surface area contributed by atoms with Crippen LogP contribution in [0.5, 0.6) is 0 Å². The fraction of sp³-hybridized carbons (Fsp3) is 0.636. The summed E-state index contributed by atoms with van der Waals surface area (Å²) >= 11 is 0. The third-order valence-corrected chi connectivity index (χ3v) is 4.35. The molecule has 0 radical (unpaired) electrons. The van der Waals surface area contributed by atoms with E-state index in [0.29, 0.717) is 19.4 Å². The Hall–Kier alpha value is -2.15. The molecule has 164 valence electrons. The Morgan fingerprint density at radius 2 is 1.69 bits per heavy atom. The van der Waals surface area contributed by atoms with Gasteiger partial charge in [0.1, 0.15) is 11.4 Å². The number of amides is 1. The lowest BCUT2D eigenvalue weighted by atomic mass is 9.94. The Labute approximate surface area is 173 Å². The Balaban J connectivity index is 2.76. The molecular formula is C22H35FN2O4. The van der Waals surface area contributed by atoms with E-state index in [1.165, 1.54) is 19.2 Å². The zero-order valence-electron chi connectivity index (χ0n) is 18.6. The quantitative estimate of drug-likeness (QED) is 0.605. The second kappa shape index (κ2) is 10.6. The summed E-state index contributed by atoms with van der Waals surface area (Å²) in [6.45, 7) is 11.7. The average Bonchev–Trinajstić information content (AvgIpc) is 2.59. The van der Waals surface area contributed by atoms with Gasteiger partial charge in [0.15, 0.2) is 0 Å². The smallest absolute Gasteiger partial charge is 0.407 e. The van der Waals surface area contributed by atoms with Gasteiger partial charge in [-0.3, -0.25) is 4.79 Å². The molecule has 7 heteroatoms. The van der Waals surface area contributed by atoms with E-state index in [1.807, 2.05) is 13.8 Å². The third kappa shape index (κ3) is 10.3. The first-order valence-electron chi connectivity index (χ1n) is 9.88. The summed E-state index contributed by atoms with van der Waals surface area (Å²) in [6, 6.07) is 6.07. The fourth-order valence-corrected chi connectivity index (χ4v) is 2.97. The first-order valence-corrected chi connectivity index (χ1v) is 9.88. The molecule has 0 spiro atoms. The molecule has 6 nitrogen and oxygen atoms in total. The van der Waals surface area contributed by atoms with E-state index < -0.39 is 11.7 Å². The Morgan fingerprint density at radius 3 is 2.21 bits per heavy atom. The molecule has 0 aliphatic carbocycles. The molecule has 0 heterocycles. The van der Waals surface area contributed by atoms with Gasteiger partial charge in [-0.1, -0.05) is 19.1 Å². The Bertz CT molecular complexity index is 668. The largest absolute Gasteiger partial charge is 0.469 e. The molecule has 2 atom stereocenters. The molecule has 1 rings (SSSR count). The fourth-order valence-electron chi connectivity index (χ4n) is 2.97. The van der Waals surface area contributed by atoms with E-state index in [9.17, 15) is 14.0 Å². The molecule has 2 N–H and O–H groups in total. The Kier molecular flexibility index (Phi) is 9.08. The van der Waals surface area contributed by atoms with Crippen LogP contribution in [-0.2, 0) is 20.7 Å². The monoisotopic (exact) mass is 410 g/mol. The van der Waals surface area contributed by atoms with Gasteiger partial charge in [-0.15, -0.1) is 0 Å². The van der Waals surface area contributed by atoms with Crippen molar-refractivity contribution in [2.24, 2.45) is 5.92 Å². The Morgan fingerprint density at radius 1 is 1.10 bits per heavy atom. The van der Waals surface area contributed by atoms with Crippen LogP contribution in [0.15, 0.2) is 24.3 Å². The van der Waals surface area contributed by atoms with Crippen molar-refractivity contribution in [3.63, 3.8) is 0 Å². The number of halogens is 1. The number of esters is 1. The molecule has 0 aliphatic rings. The van der Waals surface area contributed by atoms with Crippen molar-refractivity contribution >= 4 is 12.1 Å².